The van der Waals surface area contributed by atoms with E-state index in [1.165, 1.54) is 17.0 Å². The number of urea groups is 1. The molecule has 1 atom stereocenters. The zero-order valence-electron chi connectivity index (χ0n) is 17.2. The number of rotatable bonds is 5. The number of carbonyl (C=O) groups excluding carboxylic acids is 3. The Kier molecular flexibility index (Phi) is 5.91. The summed E-state index contributed by atoms with van der Waals surface area (Å²) in [6.07, 6.45) is 4.66. The number of carbonyl (C=O) groups is 3. The Morgan fingerprint density at radius 1 is 1.23 bits per heavy atom. The van der Waals surface area contributed by atoms with Gasteiger partial charge in [0.1, 0.15) is 11.4 Å². The molecule has 1 unspecified atom stereocenters. The van der Waals surface area contributed by atoms with Crippen LogP contribution in [0.1, 0.15) is 30.2 Å². The van der Waals surface area contributed by atoms with Crippen molar-refractivity contribution in [1.29, 1.82) is 0 Å². The zero-order chi connectivity index (χ0) is 22.0. The Hall–Kier alpha value is -3.00. The molecule has 4 rings (SSSR count). The summed E-state index contributed by atoms with van der Waals surface area (Å²) in [5, 5.41) is 4.83. The molecule has 6 nitrogen and oxygen atoms in total. The van der Waals surface area contributed by atoms with Gasteiger partial charge in [-0.05, 0) is 60.9 Å². The summed E-state index contributed by atoms with van der Waals surface area (Å²) in [7, 11) is 0. The normalized spacial score (nSPS) is 22.4. The molecular formula is C23H24FN3O3S. The van der Waals surface area contributed by atoms with Gasteiger partial charge in [0.2, 0.25) is 5.91 Å². The van der Waals surface area contributed by atoms with E-state index in [9.17, 15) is 18.8 Å². The van der Waals surface area contributed by atoms with Gasteiger partial charge in [-0.15, -0.1) is 11.3 Å². The summed E-state index contributed by atoms with van der Waals surface area (Å²) in [5.74, 6) is -0.745. The number of nitrogens with zero attached hydrogens (tertiary/aromatic N) is 2. The minimum absolute atomic E-state index is 0.0447. The van der Waals surface area contributed by atoms with Crippen molar-refractivity contribution in [2.24, 2.45) is 5.92 Å². The fraction of sp³-hybridized carbons (Fsp3) is 0.348. The van der Waals surface area contributed by atoms with E-state index in [4.69, 9.17) is 0 Å². The molecule has 0 aliphatic carbocycles. The number of hydrogen-bond acceptors (Lipinski definition) is 4. The molecule has 4 amide bonds. The third-order valence-corrected chi connectivity index (χ3v) is 6.95. The molecule has 2 aromatic rings. The molecule has 2 aliphatic heterocycles. The van der Waals surface area contributed by atoms with Gasteiger partial charge in [0.05, 0.1) is 6.54 Å². The molecule has 0 saturated carbocycles. The Labute approximate surface area is 184 Å². The van der Waals surface area contributed by atoms with E-state index in [-0.39, 0.29) is 30.1 Å². The molecule has 0 spiro atoms. The largest absolute Gasteiger partial charge is 0.339 e. The monoisotopic (exact) mass is 441 g/mol. The molecule has 1 aromatic heterocycles. The molecular weight excluding hydrogens is 417 g/mol. The van der Waals surface area contributed by atoms with E-state index < -0.39 is 11.6 Å². The molecule has 2 fully saturated rings. The number of hydrogen-bond donors (Lipinski definition) is 1. The number of imide groups is 1. The van der Waals surface area contributed by atoms with Crippen LogP contribution in [0.15, 0.2) is 47.9 Å². The lowest BCUT2D eigenvalue weighted by Gasteiger charge is -2.38. The molecule has 3 heterocycles. The molecule has 1 aromatic carbocycles. The number of thiophene rings is 1. The minimum atomic E-state index is -1.00. The van der Waals surface area contributed by atoms with Crippen molar-refractivity contribution in [1.82, 2.24) is 15.1 Å². The maximum Gasteiger partial charge on any atom is 0.325 e. The van der Waals surface area contributed by atoms with E-state index in [2.05, 4.69) is 5.32 Å². The second-order valence-electron chi connectivity index (χ2n) is 8.10. The lowest BCUT2D eigenvalue weighted by Crippen LogP contribution is -2.54. The van der Waals surface area contributed by atoms with Crippen molar-refractivity contribution < 1.29 is 18.8 Å². The van der Waals surface area contributed by atoms with E-state index in [0.29, 0.717) is 31.5 Å². The molecule has 0 bridgehead atoms. The average Bonchev–Trinajstić information content (AvgIpc) is 3.37. The SMILES string of the molecule is CC1(C2CCN(C(=O)/C=C/c3cccs3)CC2)NC(=O)N(Cc2ccc(F)cc2)C1=O. The van der Waals surface area contributed by atoms with Crippen molar-refractivity contribution in [2.75, 3.05) is 13.1 Å². The van der Waals surface area contributed by atoms with Crippen LogP contribution in [-0.2, 0) is 16.1 Å². The van der Waals surface area contributed by atoms with Gasteiger partial charge >= 0.3 is 6.03 Å². The summed E-state index contributed by atoms with van der Waals surface area (Å²) in [4.78, 5) is 42.1. The van der Waals surface area contributed by atoms with Crippen LogP contribution in [0.3, 0.4) is 0 Å². The predicted molar refractivity (Wildman–Crippen MR) is 117 cm³/mol. The van der Waals surface area contributed by atoms with Crippen LogP contribution in [0.4, 0.5) is 9.18 Å². The smallest absolute Gasteiger partial charge is 0.325 e. The number of nitrogens with one attached hydrogen (secondary N) is 1. The van der Waals surface area contributed by atoms with Crippen LogP contribution in [0.25, 0.3) is 6.08 Å². The molecule has 1 N–H and O–H groups in total. The van der Waals surface area contributed by atoms with Crippen LogP contribution in [0, 0.1) is 11.7 Å². The Balaban J connectivity index is 1.37. The highest BCUT2D eigenvalue weighted by Gasteiger charge is 2.52. The van der Waals surface area contributed by atoms with Gasteiger partial charge in [-0.25, -0.2) is 9.18 Å². The lowest BCUT2D eigenvalue weighted by atomic mass is 9.79. The Morgan fingerprint density at radius 3 is 2.58 bits per heavy atom. The van der Waals surface area contributed by atoms with Gasteiger partial charge in [-0.2, -0.15) is 0 Å². The summed E-state index contributed by atoms with van der Waals surface area (Å²) in [5.41, 5.74) is -0.314. The molecule has 162 valence electrons. The quantitative estimate of drug-likeness (QED) is 0.569. The number of benzene rings is 1. The van der Waals surface area contributed by atoms with Crippen LogP contribution < -0.4 is 5.32 Å². The number of likely N-dealkylation sites (tertiary alicyclic amines) is 1. The first-order valence-corrected chi connectivity index (χ1v) is 11.1. The summed E-state index contributed by atoms with van der Waals surface area (Å²) in [6, 6.07) is 9.22. The highest BCUT2D eigenvalue weighted by atomic mass is 32.1. The van der Waals surface area contributed by atoms with Crippen LogP contribution in [0.2, 0.25) is 0 Å². The van der Waals surface area contributed by atoms with Crippen LogP contribution >= 0.6 is 11.3 Å². The second kappa shape index (κ2) is 8.63. The number of halogens is 1. The van der Waals surface area contributed by atoms with E-state index in [1.54, 1.807) is 41.4 Å². The fourth-order valence-electron chi connectivity index (χ4n) is 4.23. The van der Waals surface area contributed by atoms with Crippen molar-refractivity contribution >= 4 is 35.3 Å². The Bertz CT molecular complexity index is 998. The fourth-order valence-corrected chi connectivity index (χ4v) is 4.85. The molecule has 2 saturated heterocycles. The maximum absolute atomic E-state index is 13.1. The minimum Gasteiger partial charge on any atom is -0.339 e. The first kappa shape index (κ1) is 21.2. The first-order valence-electron chi connectivity index (χ1n) is 10.3. The van der Waals surface area contributed by atoms with Gasteiger partial charge in [0.15, 0.2) is 0 Å². The molecule has 31 heavy (non-hydrogen) atoms. The van der Waals surface area contributed by atoms with Gasteiger partial charge in [0.25, 0.3) is 5.91 Å². The molecule has 2 aliphatic rings. The van der Waals surface area contributed by atoms with Crippen LogP contribution in [-0.4, -0.2) is 46.3 Å². The predicted octanol–water partition coefficient (Wildman–Crippen LogP) is 3.65. The highest BCUT2D eigenvalue weighted by Crippen LogP contribution is 2.34. The molecule has 8 heteroatoms. The highest BCUT2D eigenvalue weighted by molar-refractivity contribution is 7.10. The van der Waals surface area contributed by atoms with Gasteiger partial charge in [-0.1, -0.05) is 18.2 Å². The molecule has 0 radical (unpaired) electrons. The second-order valence-corrected chi connectivity index (χ2v) is 9.08. The maximum atomic E-state index is 13.1. The van der Waals surface area contributed by atoms with Crippen molar-refractivity contribution in [3.8, 4) is 0 Å². The summed E-state index contributed by atoms with van der Waals surface area (Å²) < 4.78 is 13.1. The topological polar surface area (TPSA) is 69.7 Å². The van der Waals surface area contributed by atoms with E-state index in [1.807, 2.05) is 23.6 Å². The van der Waals surface area contributed by atoms with Gasteiger partial charge in [0, 0.05) is 24.0 Å². The lowest BCUT2D eigenvalue weighted by molar-refractivity contribution is -0.134. The first-order chi connectivity index (χ1) is 14.9. The summed E-state index contributed by atoms with van der Waals surface area (Å²) in [6.45, 7) is 2.94. The van der Waals surface area contributed by atoms with Gasteiger partial charge in [-0.3, -0.25) is 14.5 Å². The van der Waals surface area contributed by atoms with E-state index >= 15 is 0 Å². The van der Waals surface area contributed by atoms with Crippen molar-refractivity contribution in [3.05, 3.63) is 64.1 Å². The Morgan fingerprint density at radius 2 is 1.94 bits per heavy atom. The van der Waals surface area contributed by atoms with Crippen LogP contribution in [0.5, 0.6) is 0 Å². The summed E-state index contributed by atoms with van der Waals surface area (Å²) >= 11 is 1.57. The zero-order valence-corrected chi connectivity index (χ0v) is 18.0. The van der Waals surface area contributed by atoms with Crippen molar-refractivity contribution in [2.45, 2.75) is 31.8 Å². The number of piperidine rings is 1. The third-order valence-electron chi connectivity index (χ3n) is 6.11. The standard InChI is InChI=1S/C23H24FN3O3S/c1-23(21(29)27(22(30)25-23)15-16-4-6-18(24)7-5-16)17-10-12-26(13-11-17)20(28)9-8-19-3-2-14-31-19/h2-9,14,17H,10-13,15H2,1H3,(H,25,30)/b9-8+. The van der Waals surface area contributed by atoms with E-state index in [0.717, 1.165) is 4.88 Å². The third kappa shape index (κ3) is 4.39. The van der Waals surface area contributed by atoms with Crippen molar-refractivity contribution in [3.63, 3.8) is 0 Å². The van der Waals surface area contributed by atoms with Gasteiger partial charge < -0.3 is 10.2 Å². The average molecular weight is 442 g/mol. The number of amides is 4.